The number of methoxy groups -OCH3 is 1. The second-order valence-corrected chi connectivity index (χ2v) is 4.49. The highest BCUT2D eigenvalue weighted by molar-refractivity contribution is 6.42. The van der Waals surface area contributed by atoms with Crippen molar-refractivity contribution in [3.63, 3.8) is 0 Å². The Bertz CT molecular complexity index is 608. The Morgan fingerprint density at radius 1 is 1.33 bits per heavy atom. The van der Waals surface area contributed by atoms with E-state index in [1.54, 1.807) is 25.1 Å². The molecule has 0 radical (unpaired) electrons. The van der Waals surface area contributed by atoms with Crippen LogP contribution >= 0.6 is 23.2 Å². The third kappa shape index (κ3) is 2.35. The van der Waals surface area contributed by atoms with Crippen LogP contribution in [0.25, 0.3) is 11.4 Å². The number of halogens is 2. The molecule has 1 N–H and O–H groups in total. The molecule has 0 atom stereocenters. The Balaban J connectivity index is 2.45. The van der Waals surface area contributed by atoms with E-state index in [4.69, 9.17) is 23.2 Å². The molecule has 4 nitrogen and oxygen atoms in total. The largest absolute Gasteiger partial charge is 0.464 e. The SMILES string of the molecule is COC(=O)c1nc(-c2ccc(Cl)c(Cl)c2)[nH]c1C. The van der Waals surface area contributed by atoms with Gasteiger partial charge in [-0.3, -0.25) is 0 Å². The molecule has 0 aliphatic rings. The zero-order valence-corrected chi connectivity index (χ0v) is 11.3. The highest BCUT2D eigenvalue weighted by Gasteiger charge is 2.16. The molecule has 0 aliphatic carbocycles. The van der Waals surface area contributed by atoms with Gasteiger partial charge >= 0.3 is 5.97 Å². The van der Waals surface area contributed by atoms with Gasteiger partial charge in [-0.2, -0.15) is 0 Å². The molecule has 0 unspecified atom stereocenters. The minimum atomic E-state index is -0.477. The Hall–Kier alpha value is -1.52. The lowest BCUT2D eigenvalue weighted by molar-refractivity contribution is 0.0594. The van der Waals surface area contributed by atoms with Crippen LogP contribution in [0.15, 0.2) is 18.2 Å². The van der Waals surface area contributed by atoms with E-state index in [9.17, 15) is 4.79 Å². The van der Waals surface area contributed by atoms with E-state index < -0.39 is 5.97 Å². The maximum atomic E-state index is 11.4. The van der Waals surface area contributed by atoms with Crippen molar-refractivity contribution < 1.29 is 9.53 Å². The van der Waals surface area contributed by atoms with Crippen LogP contribution in [-0.2, 0) is 4.74 Å². The topological polar surface area (TPSA) is 55.0 Å². The van der Waals surface area contributed by atoms with Crippen LogP contribution in [0, 0.1) is 6.92 Å². The van der Waals surface area contributed by atoms with Crippen molar-refractivity contribution in [3.05, 3.63) is 39.6 Å². The summed E-state index contributed by atoms with van der Waals surface area (Å²) in [4.78, 5) is 18.6. The summed E-state index contributed by atoms with van der Waals surface area (Å²) in [6.45, 7) is 1.75. The number of H-pyrrole nitrogens is 1. The number of carbonyl (C=O) groups is 1. The second kappa shape index (κ2) is 5.00. The van der Waals surface area contributed by atoms with Gasteiger partial charge in [0.2, 0.25) is 0 Å². The molecule has 18 heavy (non-hydrogen) atoms. The normalized spacial score (nSPS) is 10.4. The summed E-state index contributed by atoms with van der Waals surface area (Å²) in [6.07, 6.45) is 0. The monoisotopic (exact) mass is 284 g/mol. The molecule has 1 aromatic heterocycles. The third-order valence-corrected chi connectivity index (χ3v) is 3.20. The number of hydrogen-bond donors (Lipinski definition) is 1. The summed E-state index contributed by atoms with van der Waals surface area (Å²) in [5.74, 6) is 0.0709. The summed E-state index contributed by atoms with van der Waals surface area (Å²) in [7, 11) is 1.31. The molecule has 2 rings (SSSR count). The van der Waals surface area contributed by atoms with Gasteiger partial charge in [-0.25, -0.2) is 9.78 Å². The number of hydrogen-bond acceptors (Lipinski definition) is 3. The average molecular weight is 285 g/mol. The molecule has 0 fully saturated rings. The molecule has 0 aliphatic heterocycles. The van der Waals surface area contributed by atoms with Crippen LogP contribution in [-0.4, -0.2) is 23.0 Å². The number of aromatic nitrogens is 2. The van der Waals surface area contributed by atoms with Gasteiger partial charge in [-0.15, -0.1) is 0 Å². The van der Waals surface area contributed by atoms with Gasteiger partial charge in [-0.1, -0.05) is 23.2 Å². The fourth-order valence-corrected chi connectivity index (χ4v) is 1.83. The van der Waals surface area contributed by atoms with E-state index >= 15 is 0 Å². The van der Waals surface area contributed by atoms with Gasteiger partial charge in [-0.05, 0) is 25.1 Å². The van der Waals surface area contributed by atoms with Crippen LogP contribution in [0.2, 0.25) is 10.0 Å². The van der Waals surface area contributed by atoms with E-state index in [0.29, 0.717) is 21.6 Å². The molecule has 0 spiro atoms. The number of benzene rings is 1. The lowest BCUT2D eigenvalue weighted by Crippen LogP contribution is -2.03. The van der Waals surface area contributed by atoms with E-state index in [1.807, 2.05) is 0 Å². The Morgan fingerprint density at radius 3 is 2.67 bits per heavy atom. The smallest absolute Gasteiger partial charge is 0.358 e. The number of aromatic amines is 1. The second-order valence-electron chi connectivity index (χ2n) is 3.68. The molecule has 1 heterocycles. The van der Waals surface area contributed by atoms with Crippen LogP contribution in [0.3, 0.4) is 0 Å². The van der Waals surface area contributed by atoms with Crippen LogP contribution in [0.1, 0.15) is 16.2 Å². The van der Waals surface area contributed by atoms with E-state index in [0.717, 1.165) is 5.56 Å². The Morgan fingerprint density at radius 2 is 2.06 bits per heavy atom. The number of imidazole rings is 1. The highest BCUT2D eigenvalue weighted by atomic mass is 35.5. The summed E-state index contributed by atoms with van der Waals surface area (Å²) >= 11 is 11.8. The first kappa shape index (κ1) is 12.9. The van der Waals surface area contributed by atoms with Crippen molar-refractivity contribution in [2.75, 3.05) is 7.11 Å². The first-order chi connectivity index (χ1) is 8.52. The van der Waals surface area contributed by atoms with Crippen molar-refractivity contribution in [1.82, 2.24) is 9.97 Å². The fraction of sp³-hybridized carbons (Fsp3) is 0.167. The van der Waals surface area contributed by atoms with E-state index in [2.05, 4.69) is 14.7 Å². The number of nitrogens with zero attached hydrogens (tertiary/aromatic N) is 1. The van der Waals surface area contributed by atoms with Gasteiger partial charge in [0.1, 0.15) is 5.82 Å². The average Bonchev–Trinajstić information content (AvgIpc) is 2.74. The predicted molar refractivity (Wildman–Crippen MR) is 70.1 cm³/mol. The first-order valence-corrected chi connectivity index (χ1v) is 5.89. The van der Waals surface area contributed by atoms with E-state index in [-0.39, 0.29) is 5.69 Å². The molecule has 6 heteroatoms. The van der Waals surface area contributed by atoms with Crippen molar-refractivity contribution in [2.45, 2.75) is 6.92 Å². The number of esters is 1. The maximum absolute atomic E-state index is 11.4. The van der Waals surface area contributed by atoms with E-state index in [1.165, 1.54) is 7.11 Å². The molecule has 94 valence electrons. The van der Waals surface area contributed by atoms with Crippen LogP contribution < -0.4 is 0 Å². The lowest BCUT2D eigenvalue weighted by Gasteiger charge is -1.99. The standard InChI is InChI=1S/C12H10Cl2N2O2/c1-6-10(12(17)18-2)16-11(15-6)7-3-4-8(13)9(14)5-7/h3-5H,1-2H3,(H,15,16). The van der Waals surface area contributed by atoms with Gasteiger partial charge in [0.05, 0.1) is 17.2 Å². The molecule has 0 saturated carbocycles. The van der Waals surface area contributed by atoms with Crippen molar-refractivity contribution in [3.8, 4) is 11.4 Å². The quantitative estimate of drug-likeness (QED) is 0.859. The minimum Gasteiger partial charge on any atom is -0.464 e. The first-order valence-electron chi connectivity index (χ1n) is 5.13. The summed E-state index contributed by atoms with van der Waals surface area (Å²) < 4.78 is 4.64. The van der Waals surface area contributed by atoms with Crippen LogP contribution in [0.5, 0.6) is 0 Å². The van der Waals surface area contributed by atoms with Crippen molar-refractivity contribution >= 4 is 29.2 Å². The third-order valence-electron chi connectivity index (χ3n) is 2.46. The minimum absolute atomic E-state index is 0.263. The number of nitrogens with one attached hydrogen (secondary N) is 1. The highest BCUT2D eigenvalue weighted by Crippen LogP contribution is 2.27. The fourth-order valence-electron chi connectivity index (χ4n) is 1.54. The molecule has 0 saturated heterocycles. The molecular formula is C12H10Cl2N2O2. The number of carbonyl (C=O) groups excluding carboxylic acids is 1. The molecule has 0 bridgehead atoms. The summed E-state index contributed by atoms with van der Waals surface area (Å²) in [5, 5.41) is 0.903. The van der Waals surface area contributed by atoms with Gasteiger partial charge in [0.25, 0.3) is 0 Å². The Labute approximate surface area is 114 Å². The van der Waals surface area contributed by atoms with Gasteiger partial charge < -0.3 is 9.72 Å². The zero-order chi connectivity index (χ0) is 13.3. The summed E-state index contributed by atoms with van der Waals surface area (Å²) in [6, 6.07) is 5.13. The van der Waals surface area contributed by atoms with Crippen molar-refractivity contribution in [2.24, 2.45) is 0 Å². The van der Waals surface area contributed by atoms with Gasteiger partial charge in [0.15, 0.2) is 5.69 Å². The maximum Gasteiger partial charge on any atom is 0.358 e. The molecule has 0 amide bonds. The number of rotatable bonds is 2. The zero-order valence-electron chi connectivity index (χ0n) is 9.75. The number of ether oxygens (including phenoxy) is 1. The molecular weight excluding hydrogens is 275 g/mol. The predicted octanol–water partition coefficient (Wildman–Crippen LogP) is 3.48. The molecule has 2 aromatic rings. The Kier molecular flexibility index (Phi) is 3.59. The number of aryl methyl sites for hydroxylation is 1. The van der Waals surface area contributed by atoms with Crippen LogP contribution in [0.4, 0.5) is 0 Å². The molecule has 1 aromatic carbocycles. The van der Waals surface area contributed by atoms with Gasteiger partial charge in [0, 0.05) is 11.3 Å². The van der Waals surface area contributed by atoms with Crippen molar-refractivity contribution in [1.29, 1.82) is 0 Å². The summed E-state index contributed by atoms with van der Waals surface area (Å²) in [5.41, 5.74) is 1.66. The lowest BCUT2D eigenvalue weighted by atomic mass is 10.2.